The van der Waals surface area contributed by atoms with E-state index >= 15 is 0 Å². The second kappa shape index (κ2) is 8.32. The normalized spacial score (nSPS) is 25.5. The number of anilines is 1. The highest BCUT2D eigenvalue weighted by Crippen LogP contribution is 2.38. The highest BCUT2D eigenvalue weighted by Gasteiger charge is 2.49. The molecule has 0 saturated heterocycles. The van der Waals surface area contributed by atoms with Gasteiger partial charge in [-0.25, -0.2) is 0 Å². The van der Waals surface area contributed by atoms with Gasteiger partial charge >= 0.3 is 0 Å². The largest absolute Gasteiger partial charge is 0.351 e. The summed E-state index contributed by atoms with van der Waals surface area (Å²) in [5, 5.41) is 5.39. The van der Waals surface area contributed by atoms with Crippen LogP contribution in [0.1, 0.15) is 75.3 Å². The zero-order chi connectivity index (χ0) is 23.3. The predicted molar refractivity (Wildman–Crippen MR) is 135 cm³/mol. The van der Waals surface area contributed by atoms with Crippen LogP contribution in [0.25, 0.3) is 10.2 Å². The maximum Gasteiger partial charge on any atom is 0.275 e. The van der Waals surface area contributed by atoms with E-state index in [0.29, 0.717) is 24.1 Å². The molecular weight excluding hydrogens is 430 g/mol. The fraction of sp³-hybridized carbons (Fsp3) is 0.481. The summed E-state index contributed by atoms with van der Waals surface area (Å²) in [7, 11) is 0. The summed E-state index contributed by atoms with van der Waals surface area (Å²) in [6.45, 7) is 8.89. The third-order valence-electron chi connectivity index (χ3n) is 7.64. The molecule has 6 heteroatoms. The van der Waals surface area contributed by atoms with Gasteiger partial charge in [0.15, 0.2) is 0 Å². The number of nitrogens with one attached hydrogen (secondary N) is 1. The maximum absolute atomic E-state index is 13.9. The lowest BCUT2D eigenvalue weighted by atomic mass is 9.84. The van der Waals surface area contributed by atoms with Crippen LogP contribution < -0.4 is 10.2 Å². The molecule has 2 aromatic heterocycles. The van der Waals surface area contributed by atoms with Crippen molar-refractivity contribution in [3.63, 3.8) is 0 Å². The van der Waals surface area contributed by atoms with Crippen molar-refractivity contribution in [1.29, 1.82) is 0 Å². The van der Waals surface area contributed by atoms with Crippen LogP contribution in [0, 0.1) is 5.92 Å². The number of nitrogens with zero attached hydrogens (tertiary/aromatic N) is 2. The Bertz CT molecular complexity index is 1190. The summed E-state index contributed by atoms with van der Waals surface area (Å²) in [5.41, 5.74) is 2.65. The van der Waals surface area contributed by atoms with Crippen LogP contribution in [0.2, 0.25) is 0 Å². The molecule has 2 aliphatic rings. The van der Waals surface area contributed by atoms with Crippen LogP contribution in [0.3, 0.4) is 0 Å². The zero-order valence-electron chi connectivity index (χ0n) is 19.9. The molecule has 1 aromatic carbocycles. The molecule has 3 aromatic rings. The van der Waals surface area contributed by atoms with E-state index in [2.05, 4.69) is 38.2 Å². The van der Waals surface area contributed by atoms with E-state index in [0.717, 1.165) is 35.2 Å². The van der Waals surface area contributed by atoms with Gasteiger partial charge in [-0.3, -0.25) is 14.5 Å². The lowest BCUT2D eigenvalue weighted by Crippen LogP contribution is -2.65. The van der Waals surface area contributed by atoms with Gasteiger partial charge in [0.1, 0.15) is 11.2 Å². The smallest absolute Gasteiger partial charge is 0.275 e. The first-order valence-corrected chi connectivity index (χ1v) is 13.0. The van der Waals surface area contributed by atoms with Gasteiger partial charge < -0.3 is 9.88 Å². The van der Waals surface area contributed by atoms with Crippen molar-refractivity contribution >= 4 is 39.1 Å². The topological polar surface area (TPSA) is 54.3 Å². The van der Waals surface area contributed by atoms with E-state index in [1.165, 1.54) is 12.0 Å². The fourth-order valence-corrected chi connectivity index (χ4v) is 6.30. The minimum absolute atomic E-state index is 0.0646. The first-order valence-electron chi connectivity index (χ1n) is 12.1. The molecule has 1 saturated carbocycles. The van der Waals surface area contributed by atoms with E-state index in [-0.39, 0.29) is 17.9 Å². The number of benzene rings is 1. The SMILES string of the molecule is CC(C)c1ccc(N2C(=O)c3cc4sccc4n3C[C@]2(C)C(=O)N[C@H]2CCCC[C@@H]2C)cc1. The van der Waals surface area contributed by atoms with Crippen LogP contribution in [0.15, 0.2) is 41.8 Å². The first-order chi connectivity index (χ1) is 15.8. The van der Waals surface area contributed by atoms with Crippen molar-refractivity contribution in [2.75, 3.05) is 4.90 Å². The molecule has 174 valence electrons. The van der Waals surface area contributed by atoms with Crippen LogP contribution >= 0.6 is 11.3 Å². The summed E-state index contributed by atoms with van der Waals surface area (Å²) < 4.78 is 3.12. The standard InChI is InChI=1S/C27H33N3O2S/c1-17(2)19-9-11-20(12-10-19)30-25(31)23-15-24-22(13-14-33-24)29(23)16-27(30,4)26(32)28-21-8-6-5-7-18(21)3/h9-15,17-18,21H,5-8,16H2,1-4H3,(H,28,32)/t18-,21-,27+/m0/s1. The van der Waals surface area contributed by atoms with Crippen molar-refractivity contribution in [2.24, 2.45) is 5.92 Å². The van der Waals surface area contributed by atoms with Crippen LogP contribution in [0.5, 0.6) is 0 Å². The Balaban J connectivity index is 1.57. The van der Waals surface area contributed by atoms with Gasteiger partial charge in [-0.15, -0.1) is 11.3 Å². The number of carbonyl (C=O) groups excluding carboxylic acids is 2. The third kappa shape index (κ3) is 3.68. The average Bonchev–Trinajstić information content (AvgIpc) is 3.38. The number of aromatic nitrogens is 1. The van der Waals surface area contributed by atoms with Gasteiger partial charge in [0.05, 0.1) is 16.8 Å². The van der Waals surface area contributed by atoms with Gasteiger partial charge in [0, 0.05) is 11.7 Å². The molecule has 0 radical (unpaired) electrons. The molecule has 1 aliphatic carbocycles. The Labute approximate surface area is 199 Å². The number of hydrogen-bond donors (Lipinski definition) is 1. The van der Waals surface area contributed by atoms with Gasteiger partial charge in [0.2, 0.25) is 5.91 Å². The summed E-state index contributed by atoms with van der Waals surface area (Å²) >= 11 is 1.63. The molecule has 3 heterocycles. The molecule has 33 heavy (non-hydrogen) atoms. The van der Waals surface area contributed by atoms with Gasteiger partial charge in [-0.2, -0.15) is 0 Å². The van der Waals surface area contributed by atoms with Crippen molar-refractivity contribution in [1.82, 2.24) is 9.88 Å². The lowest BCUT2D eigenvalue weighted by molar-refractivity contribution is -0.127. The zero-order valence-corrected chi connectivity index (χ0v) is 20.7. The van der Waals surface area contributed by atoms with Gasteiger partial charge in [0.25, 0.3) is 5.91 Å². The second-order valence-corrected chi connectivity index (χ2v) is 11.2. The summed E-state index contributed by atoms with van der Waals surface area (Å²) in [6, 6.07) is 12.3. The van der Waals surface area contributed by atoms with Crippen LogP contribution in [0.4, 0.5) is 5.69 Å². The van der Waals surface area contributed by atoms with Crippen molar-refractivity contribution in [3.05, 3.63) is 53.0 Å². The summed E-state index contributed by atoms with van der Waals surface area (Å²) in [5.74, 6) is 0.680. The van der Waals surface area contributed by atoms with E-state index in [1.54, 1.807) is 16.2 Å². The fourth-order valence-electron chi connectivity index (χ4n) is 5.48. The number of carbonyl (C=O) groups is 2. The Morgan fingerprint density at radius 3 is 2.58 bits per heavy atom. The van der Waals surface area contributed by atoms with Gasteiger partial charge in [-0.05, 0) is 66.8 Å². The predicted octanol–water partition coefficient (Wildman–Crippen LogP) is 5.94. The number of rotatable bonds is 4. The van der Waals surface area contributed by atoms with E-state index in [9.17, 15) is 9.59 Å². The molecule has 2 amide bonds. The third-order valence-corrected chi connectivity index (χ3v) is 8.49. The van der Waals surface area contributed by atoms with Crippen LogP contribution in [-0.4, -0.2) is 28.0 Å². The quantitative estimate of drug-likeness (QED) is 0.521. The number of fused-ring (bicyclic) bond motifs is 3. The first kappa shape index (κ1) is 22.2. The number of hydrogen-bond acceptors (Lipinski definition) is 3. The van der Waals surface area contributed by atoms with E-state index in [4.69, 9.17) is 0 Å². The molecule has 1 fully saturated rings. The Morgan fingerprint density at radius 2 is 1.88 bits per heavy atom. The minimum atomic E-state index is -1.02. The monoisotopic (exact) mass is 463 g/mol. The Morgan fingerprint density at radius 1 is 1.15 bits per heavy atom. The lowest BCUT2D eigenvalue weighted by Gasteiger charge is -2.45. The highest BCUT2D eigenvalue weighted by molar-refractivity contribution is 7.17. The molecule has 3 atom stereocenters. The average molecular weight is 464 g/mol. The molecule has 0 bridgehead atoms. The molecule has 0 spiro atoms. The number of amides is 2. The van der Waals surface area contributed by atoms with E-state index < -0.39 is 5.54 Å². The van der Waals surface area contributed by atoms with E-state index in [1.807, 2.05) is 41.1 Å². The van der Waals surface area contributed by atoms with Crippen molar-refractivity contribution in [2.45, 2.75) is 77.4 Å². The van der Waals surface area contributed by atoms with Crippen molar-refractivity contribution < 1.29 is 9.59 Å². The second-order valence-electron chi connectivity index (χ2n) is 10.3. The molecular formula is C27H33N3O2S. The minimum Gasteiger partial charge on any atom is -0.351 e. The Kier molecular flexibility index (Phi) is 5.60. The molecule has 0 unspecified atom stereocenters. The maximum atomic E-state index is 13.9. The Hall–Kier alpha value is -2.60. The van der Waals surface area contributed by atoms with Gasteiger partial charge in [-0.1, -0.05) is 45.7 Å². The summed E-state index contributed by atoms with van der Waals surface area (Å²) in [4.78, 5) is 29.6. The highest BCUT2D eigenvalue weighted by atomic mass is 32.1. The molecule has 1 N–H and O–H groups in total. The molecule has 1 aliphatic heterocycles. The van der Waals surface area contributed by atoms with Crippen molar-refractivity contribution in [3.8, 4) is 0 Å². The number of thiophene rings is 1. The molecule has 5 rings (SSSR count). The summed E-state index contributed by atoms with van der Waals surface area (Å²) in [6.07, 6.45) is 4.50. The molecule has 5 nitrogen and oxygen atoms in total. The van der Waals surface area contributed by atoms with Crippen LogP contribution in [-0.2, 0) is 11.3 Å².